The van der Waals surface area contributed by atoms with Crippen LogP contribution in [0.4, 0.5) is 0 Å². The fourth-order valence-electron chi connectivity index (χ4n) is 2.46. The van der Waals surface area contributed by atoms with Crippen molar-refractivity contribution in [3.8, 4) is 11.3 Å². The Hall–Kier alpha value is -2.82. The third-order valence-corrected chi connectivity index (χ3v) is 3.51. The molecule has 0 atom stereocenters. The van der Waals surface area contributed by atoms with Crippen molar-refractivity contribution < 1.29 is 14.3 Å². The van der Waals surface area contributed by atoms with Crippen molar-refractivity contribution in [2.75, 3.05) is 0 Å². The number of allylic oxidation sites excluding steroid dienone is 1. The standard InChI is InChI=1S/C17H16N2O3/c1-2-3-4-9-14-19-15(17(20)21)16(22-14)12-10-18-13-8-6-5-7-11(12)13/h2,5-8,10,18H,1,3-4,9H2,(H,20,21). The molecule has 3 aromatic rings. The normalized spacial score (nSPS) is 10.9. The van der Waals surface area contributed by atoms with E-state index in [0.29, 0.717) is 18.1 Å². The molecular formula is C17H16N2O3. The van der Waals surface area contributed by atoms with Crippen molar-refractivity contribution in [2.45, 2.75) is 19.3 Å². The Kier molecular flexibility index (Phi) is 3.78. The Morgan fingerprint density at radius 2 is 2.23 bits per heavy atom. The molecule has 0 saturated carbocycles. The third kappa shape index (κ3) is 2.53. The van der Waals surface area contributed by atoms with Gasteiger partial charge in [0.1, 0.15) is 0 Å². The minimum absolute atomic E-state index is 0.0432. The molecule has 2 N–H and O–H groups in total. The number of rotatable bonds is 6. The van der Waals surface area contributed by atoms with Crippen LogP contribution < -0.4 is 0 Å². The molecule has 2 aromatic heterocycles. The van der Waals surface area contributed by atoms with Gasteiger partial charge in [-0.25, -0.2) is 9.78 Å². The van der Waals surface area contributed by atoms with Crippen LogP contribution in [0.1, 0.15) is 29.2 Å². The first-order valence-corrected chi connectivity index (χ1v) is 7.11. The Bertz CT molecular complexity index is 829. The Morgan fingerprint density at radius 1 is 1.41 bits per heavy atom. The Labute approximate surface area is 127 Å². The average Bonchev–Trinajstić information content (AvgIpc) is 3.11. The lowest BCUT2D eigenvalue weighted by atomic mass is 10.1. The molecule has 2 heterocycles. The number of benzene rings is 1. The first-order valence-electron chi connectivity index (χ1n) is 7.11. The smallest absolute Gasteiger partial charge is 0.358 e. The highest BCUT2D eigenvalue weighted by molar-refractivity contribution is 6.00. The van der Waals surface area contributed by atoms with Crippen LogP contribution in [0.3, 0.4) is 0 Å². The molecule has 0 spiro atoms. The van der Waals surface area contributed by atoms with Crippen LogP contribution in [0.25, 0.3) is 22.2 Å². The molecule has 0 bridgehead atoms. The van der Waals surface area contributed by atoms with Gasteiger partial charge in [-0.1, -0.05) is 24.3 Å². The molecule has 112 valence electrons. The van der Waals surface area contributed by atoms with E-state index in [-0.39, 0.29) is 5.69 Å². The largest absolute Gasteiger partial charge is 0.476 e. The maximum Gasteiger partial charge on any atom is 0.358 e. The molecule has 5 nitrogen and oxygen atoms in total. The molecule has 0 aliphatic carbocycles. The Balaban J connectivity index is 2.05. The first-order chi connectivity index (χ1) is 10.7. The summed E-state index contributed by atoms with van der Waals surface area (Å²) >= 11 is 0. The molecule has 0 saturated heterocycles. The van der Waals surface area contributed by atoms with Gasteiger partial charge in [0, 0.05) is 29.1 Å². The van der Waals surface area contributed by atoms with Crippen molar-refractivity contribution in [2.24, 2.45) is 0 Å². The molecule has 0 aliphatic rings. The second kappa shape index (κ2) is 5.89. The van der Waals surface area contributed by atoms with Crippen LogP contribution in [-0.4, -0.2) is 21.0 Å². The van der Waals surface area contributed by atoms with Crippen molar-refractivity contribution >= 4 is 16.9 Å². The number of aromatic amines is 1. The van der Waals surface area contributed by atoms with Gasteiger partial charge in [0.15, 0.2) is 17.3 Å². The second-order valence-electron chi connectivity index (χ2n) is 5.02. The minimum Gasteiger partial charge on any atom is -0.476 e. The monoisotopic (exact) mass is 296 g/mol. The lowest BCUT2D eigenvalue weighted by molar-refractivity contribution is 0.0691. The number of oxazole rings is 1. The highest BCUT2D eigenvalue weighted by Gasteiger charge is 2.22. The summed E-state index contributed by atoms with van der Waals surface area (Å²) < 4.78 is 5.73. The summed E-state index contributed by atoms with van der Waals surface area (Å²) in [5, 5.41) is 10.3. The van der Waals surface area contributed by atoms with Crippen LogP contribution in [0.15, 0.2) is 47.5 Å². The van der Waals surface area contributed by atoms with E-state index in [1.807, 2.05) is 30.3 Å². The number of hydrogen-bond acceptors (Lipinski definition) is 3. The van der Waals surface area contributed by atoms with Crippen molar-refractivity contribution in [1.29, 1.82) is 0 Å². The predicted molar refractivity (Wildman–Crippen MR) is 83.9 cm³/mol. The van der Waals surface area contributed by atoms with Crippen LogP contribution >= 0.6 is 0 Å². The Morgan fingerprint density at radius 3 is 3.00 bits per heavy atom. The molecule has 0 unspecified atom stereocenters. The van der Waals surface area contributed by atoms with E-state index in [9.17, 15) is 9.90 Å². The number of unbranched alkanes of at least 4 members (excludes halogenated alkanes) is 1. The highest BCUT2D eigenvalue weighted by atomic mass is 16.4. The summed E-state index contributed by atoms with van der Waals surface area (Å²) in [6, 6.07) is 7.68. The predicted octanol–water partition coefficient (Wildman–Crippen LogP) is 4.03. The number of aryl methyl sites for hydroxylation is 1. The molecule has 1 aromatic carbocycles. The van der Waals surface area contributed by atoms with Crippen molar-refractivity contribution in [1.82, 2.24) is 9.97 Å². The zero-order valence-electron chi connectivity index (χ0n) is 12.0. The lowest BCUT2D eigenvalue weighted by Gasteiger charge is -1.96. The van der Waals surface area contributed by atoms with Crippen molar-refractivity contribution in [3.05, 3.63) is 54.7 Å². The fourth-order valence-corrected chi connectivity index (χ4v) is 2.46. The summed E-state index contributed by atoms with van der Waals surface area (Å²) in [5.41, 5.74) is 1.60. The quantitative estimate of drug-likeness (QED) is 0.531. The number of nitrogens with zero attached hydrogens (tertiary/aromatic N) is 1. The van der Waals surface area contributed by atoms with E-state index in [1.54, 1.807) is 6.20 Å². The summed E-state index contributed by atoms with van der Waals surface area (Å²) in [4.78, 5) is 18.7. The maximum atomic E-state index is 11.4. The van der Waals surface area contributed by atoms with E-state index < -0.39 is 5.97 Å². The van der Waals surface area contributed by atoms with Gasteiger partial charge in [-0.2, -0.15) is 0 Å². The number of carboxylic acids is 1. The van der Waals surface area contributed by atoms with E-state index in [2.05, 4.69) is 16.5 Å². The topological polar surface area (TPSA) is 79.1 Å². The summed E-state index contributed by atoms with van der Waals surface area (Å²) in [6.45, 7) is 3.67. The molecule has 5 heteroatoms. The van der Waals surface area contributed by atoms with Gasteiger partial charge in [-0.05, 0) is 18.9 Å². The van der Waals surface area contributed by atoms with E-state index in [0.717, 1.165) is 29.3 Å². The number of carbonyl (C=O) groups is 1. The number of fused-ring (bicyclic) bond motifs is 1. The molecule has 0 radical (unpaired) electrons. The average molecular weight is 296 g/mol. The molecule has 0 amide bonds. The SMILES string of the molecule is C=CCCCc1nc(C(=O)O)c(-c2c[nH]c3ccccc23)o1. The zero-order valence-corrected chi connectivity index (χ0v) is 12.0. The fraction of sp³-hybridized carbons (Fsp3) is 0.176. The number of H-pyrrole nitrogens is 1. The van der Waals surface area contributed by atoms with Gasteiger partial charge in [0.2, 0.25) is 0 Å². The van der Waals surface area contributed by atoms with Gasteiger partial charge in [-0.3, -0.25) is 0 Å². The van der Waals surface area contributed by atoms with Gasteiger partial charge < -0.3 is 14.5 Å². The summed E-state index contributed by atoms with van der Waals surface area (Å²) in [7, 11) is 0. The van der Waals surface area contributed by atoms with Gasteiger partial charge >= 0.3 is 5.97 Å². The number of nitrogens with one attached hydrogen (secondary N) is 1. The minimum atomic E-state index is -1.08. The highest BCUT2D eigenvalue weighted by Crippen LogP contribution is 2.32. The lowest BCUT2D eigenvalue weighted by Crippen LogP contribution is -1.99. The van der Waals surface area contributed by atoms with Crippen LogP contribution in [0, 0.1) is 0 Å². The van der Waals surface area contributed by atoms with Crippen LogP contribution in [-0.2, 0) is 6.42 Å². The van der Waals surface area contributed by atoms with Crippen LogP contribution in [0.2, 0.25) is 0 Å². The molecule has 0 aliphatic heterocycles. The maximum absolute atomic E-state index is 11.4. The van der Waals surface area contributed by atoms with Gasteiger partial charge in [0.05, 0.1) is 0 Å². The molecular weight excluding hydrogens is 280 g/mol. The zero-order chi connectivity index (χ0) is 15.5. The number of aromatic nitrogens is 2. The summed E-state index contributed by atoms with van der Waals surface area (Å²) in [5.74, 6) is -0.336. The first kappa shape index (κ1) is 14.1. The third-order valence-electron chi connectivity index (χ3n) is 3.51. The van der Waals surface area contributed by atoms with Crippen molar-refractivity contribution in [3.63, 3.8) is 0 Å². The number of hydrogen-bond donors (Lipinski definition) is 2. The molecule has 3 rings (SSSR count). The number of aromatic carboxylic acids is 1. The van der Waals surface area contributed by atoms with E-state index in [4.69, 9.17) is 4.42 Å². The molecule has 22 heavy (non-hydrogen) atoms. The van der Waals surface area contributed by atoms with Crippen LogP contribution in [0.5, 0.6) is 0 Å². The van der Waals surface area contributed by atoms with Gasteiger partial charge in [0.25, 0.3) is 0 Å². The second-order valence-corrected chi connectivity index (χ2v) is 5.02. The summed E-state index contributed by atoms with van der Waals surface area (Å²) in [6.07, 6.45) is 5.84. The molecule has 0 fully saturated rings. The number of carboxylic acid groups (broad SMARTS) is 1. The van der Waals surface area contributed by atoms with E-state index in [1.165, 1.54) is 0 Å². The number of para-hydroxylation sites is 1. The van der Waals surface area contributed by atoms with E-state index >= 15 is 0 Å². The van der Waals surface area contributed by atoms with Gasteiger partial charge in [-0.15, -0.1) is 6.58 Å².